The first kappa shape index (κ1) is 34.4. The minimum atomic E-state index is -4.16. The van der Waals surface area contributed by atoms with Crippen molar-refractivity contribution >= 4 is 27.5 Å². The lowest BCUT2D eigenvalue weighted by molar-refractivity contribution is -0.140. The number of hydrogen-bond acceptors (Lipinski definition) is 4. The topological polar surface area (TPSA) is 86.8 Å². The van der Waals surface area contributed by atoms with Gasteiger partial charge in [-0.3, -0.25) is 13.9 Å². The summed E-state index contributed by atoms with van der Waals surface area (Å²) < 4.78 is 29.8. The number of rotatable bonds is 13. The third kappa shape index (κ3) is 8.63. The van der Waals surface area contributed by atoms with Crippen LogP contribution in [0.25, 0.3) is 0 Å². The van der Waals surface area contributed by atoms with Gasteiger partial charge in [-0.2, -0.15) is 0 Å². The van der Waals surface area contributed by atoms with Crippen molar-refractivity contribution < 1.29 is 18.0 Å². The highest BCUT2D eigenvalue weighted by atomic mass is 32.2. The van der Waals surface area contributed by atoms with Crippen LogP contribution in [0.15, 0.2) is 102 Å². The molecular formula is C38H45N3O4S. The van der Waals surface area contributed by atoms with Crippen molar-refractivity contribution in [3.05, 3.63) is 130 Å². The standard InChI is InChI=1S/C38H45N3O4S/c1-7-31(6)39-38(43)36(24-32-13-9-8-10-14-32)40(25-33-15-11-12-28(3)22-33)37(42)26-41(35-23-29(4)16-19-30(35)5)46(44,45)34-20-17-27(2)18-21-34/h8-23,31,36H,7,24-26H2,1-6H3,(H,39,43)/t31-,36+/m1/s1. The second-order valence-electron chi connectivity index (χ2n) is 12.1. The minimum absolute atomic E-state index is 0.0902. The van der Waals surface area contributed by atoms with Gasteiger partial charge in [0.05, 0.1) is 10.6 Å². The van der Waals surface area contributed by atoms with Gasteiger partial charge in [-0.1, -0.05) is 96.9 Å². The molecule has 0 aromatic heterocycles. The zero-order valence-corrected chi connectivity index (χ0v) is 28.5. The van der Waals surface area contributed by atoms with Crippen molar-refractivity contribution in [2.75, 3.05) is 10.8 Å². The third-order valence-corrected chi connectivity index (χ3v) is 10.0. The number of hydrogen-bond donors (Lipinski definition) is 1. The van der Waals surface area contributed by atoms with Gasteiger partial charge in [0.2, 0.25) is 11.8 Å². The molecule has 4 aromatic rings. The maximum absolute atomic E-state index is 14.7. The van der Waals surface area contributed by atoms with E-state index in [-0.39, 0.29) is 29.8 Å². The zero-order valence-electron chi connectivity index (χ0n) is 27.7. The quantitative estimate of drug-likeness (QED) is 0.177. The van der Waals surface area contributed by atoms with Crippen LogP contribution in [0.3, 0.4) is 0 Å². The van der Waals surface area contributed by atoms with Gasteiger partial charge in [-0.15, -0.1) is 0 Å². The summed E-state index contributed by atoms with van der Waals surface area (Å²) in [4.78, 5) is 30.3. The van der Waals surface area contributed by atoms with Crippen LogP contribution in [-0.4, -0.2) is 43.8 Å². The Hall–Kier alpha value is -4.43. The van der Waals surface area contributed by atoms with Crippen molar-refractivity contribution in [3.8, 4) is 0 Å². The van der Waals surface area contributed by atoms with E-state index in [2.05, 4.69) is 5.32 Å². The fourth-order valence-corrected chi connectivity index (χ4v) is 6.81. The summed E-state index contributed by atoms with van der Waals surface area (Å²) in [6.07, 6.45) is 1.000. The summed E-state index contributed by atoms with van der Waals surface area (Å²) in [6, 6.07) is 28.6. The molecule has 0 aliphatic heterocycles. The van der Waals surface area contributed by atoms with E-state index in [0.717, 1.165) is 39.8 Å². The number of carbonyl (C=O) groups is 2. The molecule has 8 heteroatoms. The molecule has 0 radical (unpaired) electrons. The molecule has 2 amide bonds. The molecule has 7 nitrogen and oxygen atoms in total. The van der Waals surface area contributed by atoms with Gasteiger partial charge in [-0.05, 0) is 81.5 Å². The number of amides is 2. The third-order valence-electron chi connectivity index (χ3n) is 8.23. The predicted octanol–water partition coefficient (Wildman–Crippen LogP) is 6.67. The van der Waals surface area contributed by atoms with Gasteiger partial charge in [-0.25, -0.2) is 8.42 Å². The molecule has 0 aliphatic rings. The average molecular weight is 640 g/mol. The molecular weight excluding hydrogens is 595 g/mol. The van der Waals surface area contributed by atoms with E-state index in [1.54, 1.807) is 35.2 Å². The first-order chi connectivity index (χ1) is 21.9. The predicted molar refractivity (Wildman–Crippen MR) is 185 cm³/mol. The molecule has 1 N–H and O–H groups in total. The number of sulfonamides is 1. The molecule has 0 bridgehead atoms. The van der Waals surface area contributed by atoms with Gasteiger partial charge in [0.25, 0.3) is 10.0 Å². The SMILES string of the molecule is CC[C@@H](C)NC(=O)[C@H](Cc1ccccc1)N(Cc1cccc(C)c1)C(=O)CN(c1cc(C)ccc1C)S(=O)(=O)c1ccc(C)cc1. The summed E-state index contributed by atoms with van der Waals surface area (Å²) in [6.45, 7) is 11.2. The lowest BCUT2D eigenvalue weighted by Crippen LogP contribution is -2.54. The molecule has 46 heavy (non-hydrogen) atoms. The van der Waals surface area contributed by atoms with E-state index < -0.39 is 28.5 Å². The highest BCUT2D eigenvalue weighted by Crippen LogP contribution is 2.29. The molecule has 0 aliphatic carbocycles. The summed E-state index contributed by atoms with van der Waals surface area (Å²) in [5.41, 5.74) is 5.70. The smallest absolute Gasteiger partial charge is 0.264 e. The molecule has 4 aromatic carbocycles. The molecule has 0 heterocycles. The number of nitrogens with zero attached hydrogens (tertiary/aromatic N) is 2. The Morgan fingerprint density at radius 3 is 2.04 bits per heavy atom. The molecule has 0 saturated heterocycles. The Balaban J connectivity index is 1.84. The van der Waals surface area contributed by atoms with E-state index in [9.17, 15) is 18.0 Å². The molecule has 4 rings (SSSR count). The van der Waals surface area contributed by atoms with Gasteiger partial charge in [0.15, 0.2) is 0 Å². The van der Waals surface area contributed by atoms with E-state index in [1.165, 1.54) is 4.31 Å². The molecule has 0 saturated carbocycles. The van der Waals surface area contributed by atoms with Gasteiger partial charge in [0, 0.05) is 19.0 Å². The molecule has 2 atom stereocenters. The van der Waals surface area contributed by atoms with Gasteiger partial charge < -0.3 is 10.2 Å². The van der Waals surface area contributed by atoms with Crippen LogP contribution >= 0.6 is 0 Å². The van der Waals surface area contributed by atoms with Gasteiger partial charge >= 0.3 is 0 Å². The van der Waals surface area contributed by atoms with Crippen molar-refractivity contribution in [2.45, 2.75) is 77.9 Å². The average Bonchev–Trinajstić information content (AvgIpc) is 3.03. The highest BCUT2D eigenvalue weighted by Gasteiger charge is 2.35. The normalized spacial score (nSPS) is 12.7. The Morgan fingerprint density at radius 2 is 1.39 bits per heavy atom. The Kier molecular flexibility index (Phi) is 11.4. The maximum Gasteiger partial charge on any atom is 0.264 e. The molecule has 242 valence electrons. The van der Waals surface area contributed by atoms with E-state index in [0.29, 0.717) is 5.69 Å². The molecule has 0 spiro atoms. The second kappa shape index (κ2) is 15.2. The number of nitrogens with one attached hydrogen (secondary N) is 1. The van der Waals surface area contributed by atoms with E-state index in [4.69, 9.17) is 0 Å². The van der Waals surface area contributed by atoms with Crippen LogP contribution in [0, 0.1) is 27.7 Å². The first-order valence-corrected chi connectivity index (χ1v) is 17.2. The maximum atomic E-state index is 14.7. The van der Waals surface area contributed by atoms with Crippen LogP contribution in [0.1, 0.15) is 53.6 Å². The summed E-state index contributed by atoms with van der Waals surface area (Å²) in [5, 5.41) is 3.08. The van der Waals surface area contributed by atoms with Crippen molar-refractivity contribution in [1.82, 2.24) is 10.2 Å². The molecule has 0 fully saturated rings. The van der Waals surface area contributed by atoms with Crippen molar-refractivity contribution in [3.63, 3.8) is 0 Å². The van der Waals surface area contributed by atoms with Crippen LogP contribution < -0.4 is 9.62 Å². The Bertz CT molecular complexity index is 1750. The van der Waals surface area contributed by atoms with E-state index >= 15 is 0 Å². The summed E-state index contributed by atoms with van der Waals surface area (Å²) in [5.74, 6) is -0.753. The largest absolute Gasteiger partial charge is 0.352 e. The van der Waals surface area contributed by atoms with Crippen LogP contribution in [-0.2, 0) is 32.6 Å². The number of benzene rings is 4. The van der Waals surface area contributed by atoms with Crippen LogP contribution in [0.5, 0.6) is 0 Å². The minimum Gasteiger partial charge on any atom is -0.352 e. The second-order valence-corrected chi connectivity index (χ2v) is 14.0. The number of anilines is 1. The summed E-state index contributed by atoms with van der Waals surface area (Å²) in [7, 11) is -4.16. The lowest BCUT2D eigenvalue weighted by Gasteiger charge is -2.34. The first-order valence-electron chi connectivity index (χ1n) is 15.7. The van der Waals surface area contributed by atoms with E-state index in [1.807, 2.05) is 108 Å². The van der Waals surface area contributed by atoms with Crippen molar-refractivity contribution in [2.24, 2.45) is 0 Å². The monoisotopic (exact) mass is 639 g/mol. The van der Waals surface area contributed by atoms with Crippen LogP contribution in [0.2, 0.25) is 0 Å². The fraction of sp³-hybridized carbons (Fsp3) is 0.316. The number of carbonyl (C=O) groups excluding carboxylic acids is 2. The highest BCUT2D eigenvalue weighted by molar-refractivity contribution is 7.92. The lowest BCUT2D eigenvalue weighted by atomic mass is 10.0. The Labute approximate surface area is 274 Å². The summed E-state index contributed by atoms with van der Waals surface area (Å²) >= 11 is 0. The van der Waals surface area contributed by atoms with Crippen LogP contribution in [0.4, 0.5) is 5.69 Å². The zero-order chi connectivity index (χ0) is 33.4. The Morgan fingerprint density at radius 1 is 0.761 bits per heavy atom. The number of aryl methyl sites for hydroxylation is 4. The fourth-order valence-electron chi connectivity index (χ4n) is 5.34. The molecule has 0 unspecified atom stereocenters. The van der Waals surface area contributed by atoms with Gasteiger partial charge in [0.1, 0.15) is 12.6 Å². The van der Waals surface area contributed by atoms with Crippen molar-refractivity contribution in [1.29, 1.82) is 0 Å².